The van der Waals surface area contributed by atoms with Crippen LogP contribution in [-0.4, -0.2) is 32.0 Å². The summed E-state index contributed by atoms with van der Waals surface area (Å²) in [6.45, 7) is 5.79. The van der Waals surface area contributed by atoms with Crippen molar-refractivity contribution in [2.75, 3.05) is 18.0 Å². The van der Waals surface area contributed by atoms with E-state index in [-0.39, 0.29) is 28.9 Å². The van der Waals surface area contributed by atoms with Gasteiger partial charge in [0.15, 0.2) is 11.6 Å². The van der Waals surface area contributed by atoms with Crippen molar-refractivity contribution in [2.45, 2.75) is 25.7 Å². The molecule has 0 spiro atoms. The minimum atomic E-state index is -3.90. The molecule has 0 aliphatic rings. The Hall–Kier alpha value is -2.84. The Bertz CT molecular complexity index is 1150. The summed E-state index contributed by atoms with van der Waals surface area (Å²) in [4.78, 5) is 8.65. The van der Waals surface area contributed by atoms with E-state index in [1.165, 1.54) is 17.7 Å². The Balaban J connectivity index is 2.15. The molecule has 2 aromatic carbocycles. The molecule has 164 valence electrons. The second kappa shape index (κ2) is 9.53. The molecule has 0 unspecified atom stereocenters. The van der Waals surface area contributed by atoms with Crippen molar-refractivity contribution < 1.29 is 17.9 Å². The minimum Gasteiger partial charge on any atom is -0.497 e. The van der Waals surface area contributed by atoms with Gasteiger partial charge in [-0.3, -0.25) is 0 Å². The first kappa shape index (κ1) is 22.8. The zero-order valence-corrected chi connectivity index (χ0v) is 19.3. The van der Waals surface area contributed by atoms with E-state index >= 15 is 0 Å². The van der Waals surface area contributed by atoms with Crippen molar-refractivity contribution in [3.8, 4) is 17.2 Å². The number of hydrogen-bond donors (Lipinski definition) is 0. The first-order valence-electron chi connectivity index (χ1n) is 9.64. The fourth-order valence-electron chi connectivity index (χ4n) is 2.89. The molecule has 1 heterocycles. The van der Waals surface area contributed by atoms with E-state index in [4.69, 9.17) is 21.1 Å². The Labute approximate surface area is 187 Å². The average Bonchev–Trinajstić information content (AvgIpc) is 2.75. The molecule has 0 fully saturated rings. The molecular formula is C22H24ClN3O4S. The van der Waals surface area contributed by atoms with Crippen LogP contribution in [0.25, 0.3) is 0 Å². The van der Waals surface area contributed by atoms with Crippen LogP contribution < -0.4 is 13.8 Å². The van der Waals surface area contributed by atoms with Gasteiger partial charge in [0.25, 0.3) is 10.0 Å². The van der Waals surface area contributed by atoms with Crippen molar-refractivity contribution >= 4 is 27.4 Å². The standard InChI is InChI=1S/C22H24ClN3O4S/c1-15(2)13-26(31(27,28)18-8-6-5-7-9-18)22-21(16(3)24-14-25-22)30-20-12-17(29-4)10-11-19(20)23/h5-12,14-15H,13H2,1-4H3. The summed E-state index contributed by atoms with van der Waals surface area (Å²) in [6.07, 6.45) is 1.32. The predicted octanol–water partition coefficient (Wildman–Crippen LogP) is 5.09. The van der Waals surface area contributed by atoms with Crippen LogP contribution in [0.15, 0.2) is 59.8 Å². The first-order chi connectivity index (χ1) is 14.7. The van der Waals surface area contributed by atoms with Crippen LogP contribution in [0.5, 0.6) is 17.2 Å². The summed E-state index contributed by atoms with van der Waals surface area (Å²) in [5.74, 6) is 1.23. The normalized spacial score (nSPS) is 11.4. The molecule has 0 aliphatic carbocycles. The topological polar surface area (TPSA) is 81.6 Å². The van der Waals surface area contributed by atoms with Gasteiger partial charge in [0.1, 0.15) is 17.8 Å². The highest BCUT2D eigenvalue weighted by Crippen LogP contribution is 2.39. The number of ether oxygens (including phenoxy) is 2. The summed E-state index contributed by atoms with van der Waals surface area (Å²) in [6, 6.07) is 13.2. The molecule has 7 nitrogen and oxygen atoms in total. The molecule has 0 aliphatic heterocycles. The van der Waals surface area contributed by atoms with Crippen molar-refractivity contribution in [1.29, 1.82) is 0 Å². The fourth-order valence-corrected chi connectivity index (χ4v) is 4.66. The third-order valence-corrected chi connectivity index (χ3v) is 6.49. The number of halogens is 1. The van der Waals surface area contributed by atoms with Gasteiger partial charge in [-0.15, -0.1) is 0 Å². The van der Waals surface area contributed by atoms with E-state index in [9.17, 15) is 8.42 Å². The second-order valence-corrected chi connectivity index (χ2v) is 9.52. The van der Waals surface area contributed by atoms with Gasteiger partial charge < -0.3 is 9.47 Å². The van der Waals surface area contributed by atoms with Gasteiger partial charge in [-0.1, -0.05) is 43.6 Å². The van der Waals surface area contributed by atoms with Crippen LogP contribution in [-0.2, 0) is 10.0 Å². The molecule has 31 heavy (non-hydrogen) atoms. The number of aromatic nitrogens is 2. The number of aryl methyl sites for hydroxylation is 1. The molecule has 1 aromatic heterocycles. The molecule has 0 saturated heterocycles. The summed E-state index contributed by atoms with van der Waals surface area (Å²) >= 11 is 6.30. The molecule has 0 atom stereocenters. The van der Waals surface area contributed by atoms with Gasteiger partial charge >= 0.3 is 0 Å². The molecule has 0 N–H and O–H groups in total. The van der Waals surface area contributed by atoms with Crippen LogP contribution in [0.2, 0.25) is 5.02 Å². The summed E-state index contributed by atoms with van der Waals surface area (Å²) in [5, 5.41) is 0.344. The molecule has 9 heteroatoms. The maximum absolute atomic E-state index is 13.5. The van der Waals surface area contributed by atoms with Gasteiger partial charge in [-0.25, -0.2) is 22.7 Å². The first-order valence-corrected chi connectivity index (χ1v) is 11.5. The van der Waals surface area contributed by atoms with Gasteiger partial charge in [0, 0.05) is 12.6 Å². The monoisotopic (exact) mass is 461 g/mol. The number of methoxy groups -OCH3 is 1. The van der Waals surface area contributed by atoms with Crippen molar-refractivity contribution in [3.63, 3.8) is 0 Å². The lowest BCUT2D eigenvalue weighted by Crippen LogP contribution is -2.35. The van der Waals surface area contributed by atoms with Crippen LogP contribution >= 0.6 is 11.6 Å². The number of benzene rings is 2. The SMILES string of the molecule is COc1ccc(Cl)c(Oc2c(C)ncnc2N(CC(C)C)S(=O)(=O)c2ccccc2)c1. The summed E-state index contributed by atoms with van der Waals surface area (Å²) in [7, 11) is -2.36. The van der Waals surface area contributed by atoms with Gasteiger partial charge in [0.2, 0.25) is 0 Å². The molecule has 0 amide bonds. The second-order valence-electron chi connectivity index (χ2n) is 7.25. The summed E-state index contributed by atoms with van der Waals surface area (Å²) in [5.41, 5.74) is 0.473. The lowest BCUT2D eigenvalue weighted by molar-refractivity contribution is 0.408. The number of anilines is 1. The molecule has 3 aromatic rings. The lowest BCUT2D eigenvalue weighted by atomic mass is 10.2. The summed E-state index contributed by atoms with van der Waals surface area (Å²) < 4.78 is 39.6. The third kappa shape index (κ3) is 5.08. The zero-order valence-electron chi connectivity index (χ0n) is 17.7. The number of rotatable bonds is 8. The van der Waals surface area contributed by atoms with Crippen LogP contribution in [0.1, 0.15) is 19.5 Å². The highest BCUT2D eigenvalue weighted by Gasteiger charge is 2.30. The third-order valence-electron chi connectivity index (χ3n) is 4.41. The van der Waals surface area contributed by atoms with Gasteiger partial charge in [0.05, 0.1) is 22.7 Å². The average molecular weight is 462 g/mol. The number of nitrogens with zero attached hydrogens (tertiary/aromatic N) is 3. The van der Waals surface area contributed by atoms with Crippen molar-refractivity contribution in [3.05, 3.63) is 65.6 Å². The van der Waals surface area contributed by atoms with Crippen LogP contribution in [0.3, 0.4) is 0 Å². The Morgan fingerprint density at radius 3 is 2.45 bits per heavy atom. The highest BCUT2D eigenvalue weighted by molar-refractivity contribution is 7.92. The minimum absolute atomic E-state index is 0.0296. The van der Waals surface area contributed by atoms with E-state index < -0.39 is 10.0 Å². The Morgan fingerprint density at radius 1 is 1.10 bits per heavy atom. The zero-order chi connectivity index (χ0) is 22.6. The predicted molar refractivity (Wildman–Crippen MR) is 121 cm³/mol. The van der Waals surface area contributed by atoms with E-state index in [1.54, 1.807) is 55.5 Å². The van der Waals surface area contributed by atoms with Gasteiger partial charge in [-0.05, 0) is 37.1 Å². The lowest BCUT2D eigenvalue weighted by Gasteiger charge is -2.27. The maximum atomic E-state index is 13.5. The van der Waals surface area contributed by atoms with E-state index in [0.717, 1.165) is 0 Å². The number of hydrogen-bond acceptors (Lipinski definition) is 6. The van der Waals surface area contributed by atoms with Crippen LogP contribution in [0.4, 0.5) is 5.82 Å². The molecule has 3 rings (SSSR count). The molecule has 0 saturated carbocycles. The largest absolute Gasteiger partial charge is 0.497 e. The molecular weight excluding hydrogens is 438 g/mol. The molecule has 0 bridgehead atoms. The van der Waals surface area contributed by atoms with Gasteiger partial charge in [-0.2, -0.15) is 0 Å². The van der Waals surface area contributed by atoms with E-state index in [0.29, 0.717) is 22.2 Å². The Morgan fingerprint density at radius 2 is 1.81 bits per heavy atom. The van der Waals surface area contributed by atoms with E-state index in [1.807, 2.05) is 13.8 Å². The molecule has 0 radical (unpaired) electrons. The van der Waals surface area contributed by atoms with Crippen molar-refractivity contribution in [2.24, 2.45) is 5.92 Å². The number of sulfonamides is 1. The van der Waals surface area contributed by atoms with E-state index in [2.05, 4.69) is 9.97 Å². The fraction of sp³-hybridized carbons (Fsp3) is 0.273. The van der Waals surface area contributed by atoms with Crippen LogP contribution in [0, 0.1) is 12.8 Å². The maximum Gasteiger partial charge on any atom is 0.265 e. The Kier molecular flexibility index (Phi) is 7.02. The smallest absolute Gasteiger partial charge is 0.265 e. The highest BCUT2D eigenvalue weighted by atomic mass is 35.5. The quantitative estimate of drug-likeness (QED) is 0.464. The van der Waals surface area contributed by atoms with Crippen molar-refractivity contribution in [1.82, 2.24) is 9.97 Å².